The molecule has 0 spiro atoms. The van der Waals surface area contributed by atoms with Gasteiger partial charge < -0.3 is 25.7 Å². The topological polar surface area (TPSA) is 179 Å². The average Bonchev–Trinajstić information content (AvgIpc) is 3.53. The summed E-state index contributed by atoms with van der Waals surface area (Å²) in [6.45, 7) is 4.18. The van der Waals surface area contributed by atoms with Gasteiger partial charge in [0, 0.05) is 44.6 Å². The fourth-order valence-electron chi connectivity index (χ4n) is 5.54. The van der Waals surface area contributed by atoms with E-state index in [1.165, 1.54) is 33.4 Å². The van der Waals surface area contributed by atoms with Crippen LogP contribution in [0.15, 0.2) is 39.1 Å². The third kappa shape index (κ3) is 4.62. The number of amides is 2. The lowest BCUT2D eigenvalue weighted by Gasteiger charge is -2.46. The molecule has 2 fully saturated rings. The lowest BCUT2D eigenvalue weighted by atomic mass is 9.79. The summed E-state index contributed by atoms with van der Waals surface area (Å²) < 4.78 is 24.2. The van der Waals surface area contributed by atoms with Gasteiger partial charge in [0.1, 0.15) is 10.6 Å². The molecular weight excluding hydrogens is 552 g/mol. The molecule has 0 unspecified atom stereocenters. The Balaban J connectivity index is 1.21. The first-order chi connectivity index (χ1) is 17.9. The van der Waals surface area contributed by atoms with Gasteiger partial charge in [-0.05, 0) is 25.0 Å². The van der Waals surface area contributed by atoms with Crippen molar-refractivity contribution in [3.8, 4) is 0 Å². The summed E-state index contributed by atoms with van der Waals surface area (Å²) in [7, 11) is -3.81. The molecule has 14 heteroatoms. The number of hydrogen-bond donors (Lipinski definition) is 5. The number of carbonyl (C=O) groups excluding carboxylic acids is 2. The minimum absolute atomic E-state index is 0.0168. The van der Waals surface area contributed by atoms with Gasteiger partial charge in [0.15, 0.2) is 0 Å². The molecule has 3 aliphatic rings. The number of aliphatic carboxylic acids is 1. The Morgan fingerprint density at radius 3 is 2.76 bits per heavy atom. The van der Waals surface area contributed by atoms with Crippen LogP contribution in [-0.2, 0) is 31.0 Å². The van der Waals surface area contributed by atoms with E-state index in [4.69, 9.17) is 5.14 Å². The Morgan fingerprint density at radius 1 is 1.37 bits per heavy atom. The van der Waals surface area contributed by atoms with Crippen LogP contribution in [0.25, 0.3) is 10.1 Å². The highest BCUT2D eigenvalue weighted by Gasteiger charge is 2.60. The second kappa shape index (κ2) is 9.92. The zero-order valence-corrected chi connectivity index (χ0v) is 23.0. The average molecular weight is 581 g/mol. The van der Waals surface area contributed by atoms with Crippen molar-refractivity contribution in [1.82, 2.24) is 15.5 Å². The standard InChI is InChI=1S/C24H28N4O7S3/c1-10-19-18(11(2)29)23(31)28(19)20(24(32)33)21(10)37-13-6-15(26-8-13)22(30)27-7-12-3-4-14-16(5-12)36-9-17(14)38(25,34)35/h3-5,9-11,13,15,18-19,26,29H,6-8H2,1-2H3,(H,27,30)(H,32,33)(H2,25,34,35)/t10-,11-,13+,15+,18-,19-/m1/s1. The number of fused-ring (bicyclic) bond motifs is 2. The van der Waals surface area contributed by atoms with Gasteiger partial charge in [0.05, 0.1) is 24.1 Å². The molecular formula is C24H28N4O7S3. The van der Waals surface area contributed by atoms with Gasteiger partial charge in [-0.1, -0.05) is 19.1 Å². The Kier molecular flexibility index (Phi) is 7.07. The van der Waals surface area contributed by atoms with Crippen molar-refractivity contribution < 1.29 is 33.0 Å². The fraction of sp³-hybridized carbons (Fsp3) is 0.458. The third-order valence-electron chi connectivity index (χ3n) is 7.39. The molecule has 0 radical (unpaired) electrons. The summed E-state index contributed by atoms with van der Waals surface area (Å²) in [6, 6.07) is 4.42. The first kappa shape index (κ1) is 27.1. The maximum absolute atomic E-state index is 12.8. The van der Waals surface area contributed by atoms with Crippen LogP contribution in [0.4, 0.5) is 0 Å². The number of β-lactam (4-membered cyclic amide) rings is 1. The van der Waals surface area contributed by atoms with Crippen LogP contribution in [0.3, 0.4) is 0 Å². The zero-order chi connectivity index (χ0) is 27.5. The highest BCUT2D eigenvalue weighted by atomic mass is 32.2. The van der Waals surface area contributed by atoms with E-state index < -0.39 is 34.1 Å². The molecule has 5 rings (SSSR count). The Labute approximate surface area is 227 Å². The number of aliphatic hydroxyl groups is 1. The molecule has 204 valence electrons. The molecule has 1 aromatic heterocycles. The number of aliphatic hydroxyl groups excluding tert-OH is 1. The van der Waals surface area contributed by atoms with Crippen LogP contribution in [0, 0.1) is 11.8 Å². The number of thiophene rings is 1. The van der Waals surface area contributed by atoms with Gasteiger partial charge >= 0.3 is 5.97 Å². The van der Waals surface area contributed by atoms with E-state index in [0.29, 0.717) is 23.3 Å². The molecule has 2 saturated heterocycles. The summed E-state index contributed by atoms with van der Waals surface area (Å²) >= 11 is 2.65. The van der Waals surface area contributed by atoms with E-state index in [0.717, 1.165) is 10.3 Å². The number of benzene rings is 1. The van der Waals surface area contributed by atoms with Crippen molar-refractivity contribution >= 4 is 61.0 Å². The van der Waals surface area contributed by atoms with E-state index in [2.05, 4.69) is 10.6 Å². The summed E-state index contributed by atoms with van der Waals surface area (Å²) in [5.74, 6) is -2.56. The van der Waals surface area contributed by atoms with Gasteiger partial charge in [-0.3, -0.25) is 9.59 Å². The van der Waals surface area contributed by atoms with Crippen molar-refractivity contribution in [2.75, 3.05) is 6.54 Å². The number of carboxylic acid groups (broad SMARTS) is 1. The molecule has 0 saturated carbocycles. The van der Waals surface area contributed by atoms with Crippen LogP contribution in [0.5, 0.6) is 0 Å². The maximum atomic E-state index is 12.8. The first-order valence-electron chi connectivity index (χ1n) is 12.1. The number of nitrogens with two attached hydrogens (primary N) is 1. The lowest BCUT2D eigenvalue weighted by Crippen LogP contribution is -2.63. The maximum Gasteiger partial charge on any atom is 0.353 e. The monoisotopic (exact) mass is 580 g/mol. The van der Waals surface area contributed by atoms with E-state index in [-0.39, 0.29) is 46.2 Å². The first-order valence-corrected chi connectivity index (χ1v) is 15.4. The molecule has 4 heterocycles. The predicted molar refractivity (Wildman–Crippen MR) is 142 cm³/mol. The highest BCUT2D eigenvalue weighted by molar-refractivity contribution is 8.03. The Morgan fingerprint density at radius 2 is 2.11 bits per heavy atom. The molecule has 6 N–H and O–H groups in total. The summed E-state index contributed by atoms with van der Waals surface area (Å²) in [4.78, 5) is 39.4. The summed E-state index contributed by atoms with van der Waals surface area (Å²) in [6.07, 6.45) is -0.372. The number of nitrogens with one attached hydrogen (secondary N) is 2. The number of carbonyl (C=O) groups is 3. The van der Waals surface area contributed by atoms with Crippen molar-refractivity contribution in [2.45, 2.75) is 55.1 Å². The number of thioether (sulfide) groups is 1. The van der Waals surface area contributed by atoms with Gasteiger partial charge in [-0.25, -0.2) is 18.4 Å². The number of carboxylic acids is 1. The summed E-state index contributed by atoms with van der Waals surface area (Å²) in [5.41, 5.74) is 0.798. The molecule has 6 atom stereocenters. The molecule has 0 aliphatic carbocycles. The van der Waals surface area contributed by atoms with Crippen LogP contribution < -0.4 is 15.8 Å². The largest absolute Gasteiger partial charge is 0.477 e. The van der Waals surface area contributed by atoms with E-state index in [1.54, 1.807) is 19.1 Å². The SMILES string of the molecule is C[C@@H](O)[C@H]1C(=O)N2C(C(=O)O)=C(S[C@@H]3CN[C@H](C(=O)NCc4ccc5c(S(N)(=O)=O)csc5c4)C3)[C@H](C)[C@H]12. The van der Waals surface area contributed by atoms with Gasteiger partial charge in [0.2, 0.25) is 21.8 Å². The van der Waals surface area contributed by atoms with Gasteiger partial charge in [-0.2, -0.15) is 0 Å². The van der Waals surface area contributed by atoms with Crippen molar-refractivity contribution in [3.05, 3.63) is 39.7 Å². The Bertz CT molecular complexity index is 1470. The molecule has 2 aromatic rings. The third-order valence-corrected chi connectivity index (χ3v) is 10.9. The van der Waals surface area contributed by atoms with Crippen molar-refractivity contribution in [1.29, 1.82) is 0 Å². The number of nitrogens with zero attached hydrogens (tertiary/aromatic N) is 1. The zero-order valence-electron chi connectivity index (χ0n) is 20.6. The van der Waals surface area contributed by atoms with E-state index in [9.17, 15) is 33.0 Å². The second-order valence-electron chi connectivity index (χ2n) is 9.90. The molecule has 38 heavy (non-hydrogen) atoms. The van der Waals surface area contributed by atoms with Gasteiger partial charge in [0.25, 0.3) is 0 Å². The van der Waals surface area contributed by atoms with Crippen LogP contribution in [0.1, 0.15) is 25.8 Å². The lowest BCUT2D eigenvalue weighted by molar-refractivity contribution is -0.163. The van der Waals surface area contributed by atoms with Crippen LogP contribution in [-0.4, -0.2) is 71.3 Å². The number of rotatable bonds is 8. The summed E-state index contributed by atoms with van der Waals surface area (Å²) in [5, 5.41) is 33.2. The Hall–Kier alpha value is -2.49. The molecule has 3 aliphatic heterocycles. The van der Waals surface area contributed by atoms with Crippen molar-refractivity contribution in [2.24, 2.45) is 17.0 Å². The van der Waals surface area contributed by atoms with E-state index in [1.807, 2.05) is 13.0 Å². The van der Waals surface area contributed by atoms with Gasteiger partial charge in [-0.15, -0.1) is 23.1 Å². The predicted octanol–water partition coefficient (Wildman–Crippen LogP) is 0.782. The number of hydrogen-bond acceptors (Lipinski definition) is 9. The van der Waals surface area contributed by atoms with Crippen LogP contribution >= 0.6 is 23.1 Å². The molecule has 1 aromatic carbocycles. The number of primary sulfonamides is 1. The molecule has 0 bridgehead atoms. The highest BCUT2D eigenvalue weighted by Crippen LogP contribution is 2.51. The minimum atomic E-state index is -3.81. The normalized spacial score (nSPS) is 27.9. The smallest absolute Gasteiger partial charge is 0.353 e. The quantitative estimate of drug-likeness (QED) is 0.282. The molecule has 2 amide bonds. The number of sulfonamides is 1. The second-order valence-corrected chi connectivity index (χ2v) is 13.7. The van der Waals surface area contributed by atoms with E-state index >= 15 is 0 Å². The molecule has 11 nitrogen and oxygen atoms in total. The minimum Gasteiger partial charge on any atom is -0.477 e. The van der Waals surface area contributed by atoms with Crippen LogP contribution in [0.2, 0.25) is 0 Å². The van der Waals surface area contributed by atoms with Crippen molar-refractivity contribution in [3.63, 3.8) is 0 Å². The fourth-order valence-corrected chi connectivity index (χ4v) is 9.14.